The predicted octanol–water partition coefficient (Wildman–Crippen LogP) is 1.49. The van der Waals surface area contributed by atoms with Crippen LogP contribution in [0, 0.1) is 11.8 Å². The van der Waals surface area contributed by atoms with Gasteiger partial charge >= 0.3 is 5.97 Å². The number of rotatable bonds is 8. The zero-order valence-electron chi connectivity index (χ0n) is 15.0. The van der Waals surface area contributed by atoms with Gasteiger partial charge in [-0.15, -0.1) is 0 Å². The normalized spacial score (nSPS) is 24.4. The van der Waals surface area contributed by atoms with Crippen LogP contribution in [0.15, 0.2) is 0 Å². The highest BCUT2D eigenvalue weighted by molar-refractivity contribution is 7.90. The van der Waals surface area contributed by atoms with Crippen molar-refractivity contribution in [2.24, 2.45) is 11.8 Å². The van der Waals surface area contributed by atoms with Gasteiger partial charge in [-0.2, -0.15) is 0 Å². The van der Waals surface area contributed by atoms with Crippen molar-refractivity contribution >= 4 is 21.9 Å². The summed E-state index contributed by atoms with van der Waals surface area (Å²) in [6.45, 7) is 7.35. The molecule has 24 heavy (non-hydrogen) atoms. The smallest absolute Gasteiger partial charge is 0.305 e. The Kier molecular flexibility index (Phi) is 7.22. The summed E-state index contributed by atoms with van der Waals surface area (Å²) in [5.41, 5.74) is -0.987. The summed E-state index contributed by atoms with van der Waals surface area (Å²) in [4.78, 5) is 23.1. The van der Waals surface area contributed by atoms with Crippen molar-refractivity contribution < 1.29 is 23.1 Å². The molecule has 0 aromatic rings. The average molecular weight is 362 g/mol. The van der Waals surface area contributed by atoms with Crippen molar-refractivity contribution in [3.8, 4) is 0 Å². The van der Waals surface area contributed by atoms with Crippen molar-refractivity contribution in [1.82, 2.24) is 10.0 Å². The second-order valence-corrected chi connectivity index (χ2v) is 9.28. The van der Waals surface area contributed by atoms with E-state index in [-0.39, 0.29) is 18.4 Å². The van der Waals surface area contributed by atoms with Crippen LogP contribution in [-0.4, -0.2) is 42.7 Å². The molecule has 7 nitrogen and oxygen atoms in total. The van der Waals surface area contributed by atoms with Crippen LogP contribution in [0.3, 0.4) is 0 Å². The summed E-state index contributed by atoms with van der Waals surface area (Å²) in [6, 6.07) is -0.116. The number of nitrogens with one attached hydrogen (secondary N) is 2. The molecule has 0 aliphatic heterocycles. The molecule has 1 aliphatic carbocycles. The lowest BCUT2D eigenvalue weighted by molar-refractivity contribution is -0.139. The fourth-order valence-corrected chi connectivity index (χ4v) is 4.15. The molecule has 1 saturated carbocycles. The van der Waals surface area contributed by atoms with Gasteiger partial charge in [0.2, 0.25) is 15.9 Å². The lowest BCUT2D eigenvalue weighted by Crippen LogP contribution is -2.53. The highest BCUT2D eigenvalue weighted by Crippen LogP contribution is 2.24. The Labute approximate surface area is 144 Å². The van der Waals surface area contributed by atoms with Crippen LogP contribution >= 0.6 is 0 Å². The number of carboxylic acids is 1. The molecule has 1 amide bonds. The molecular formula is C16H30N2O5S. The summed E-state index contributed by atoms with van der Waals surface area (Å²) in [7, 11) is -3.73. The number of hydrogen-bond acceptors (Lipinski definition) is 4. The summed E-state index contributed by atoms with van der Waals surface area (Å²) in [5, 5.41) is 11.6. The minimum absolute atomic E-state index is 0.116. The van der Waals surface area contributed by atoms with E-state index in [1.165, 1.54) is 0 Å². The fraction of sp³-hybridized carbons (Fsp3) is 0.875. The van der Waals surface area contributed by atoms with E-state index >= 15 is 0 Å². The van der Waals surface area contributed by atoms with Crippen LogP contribution in [-0.2, 0) is 19.6 Å². The maximum atomic E-state index is 12.2. The molecule has 0 aromatic carbocycles. The van der Waals surface area contributed by atoms with E-state index in [0.29, 0.717) is 5.92 Å². The molecule has 0 spiro atoms. The summed E-state index contributed by atoms with van der Waals surface area (Å²) >= 11 is 0. The summed E-state index contributed by atoms with van der Waals surface area (Å²) in [6.07, 6.45) is 3.26. The maximum Gasteiger partial charge on any atom is 0.305 e. The van der Waals surface area contributed by atoms with Crippen LogP contribution < -0.4 is 10.0 Å². The third kappa shape index (κ3) is 6.76. The van der Waals surface area contributed by atoms with Gasteiger partial charge in [-0.05, 0) is 44.4 Å². The molecule has 1 fully saturated rings. The van der Waals surface area contributed by atoms with Gasteiger partial charge in [-0.25, -0.2) is 13.1 Å². The molecule has 0 aromatic heterocycles. The Morgan fingerprint density at radius 1 is 1.21 bits per heavy atom. The second kappa shape index (κ2) is 8.29. The first-order valence-electron chi connectivity index (χ1n) is 8.46. The van der Waals surface area contributed by atoms with Gasteiger partial charge in [0.1, 0.15) is 5.75 Å². The van der Waals surface area contributed by atoms with E-state index in [0.717, 1.165) is 25.7 Å². The number of amides is 1. The van der Waals surface area contributed by atoms with Gasteiger partial charge < -0.3 is 10.4 Å². The Morgan fingerprint density at radius 2 is 1.75 bits per heavy atom. The lowest BCUT2D eigenvalue weighted by atomic mass is 9.85. The first kappa shape index (κ1) is 20.9. The molecule has 1 aliphatic rings. The molecule has 3 N–H and O–H groups in total. The molecule has 0 radical (unpaired) electrons. The number of hydrogen-bond donors (Lipinski definition) is 3. The van der Waals surface area contributed by atoms with Gasteiger partial charge in [0.15, 0.2) is 0 Å². The first-order chi connectivity index (χ1) is 10.9. The van der Waals surface area contributed by atoms with E-state index in [9.17, 15) is 18.0 Å². The first-order valence-corrected chi connectivity index (χ1v) is 10.1. The van der Waals surface area contributed by atoms with Gasteiger partial charge in [-0.3, -0.25) is 9.59 Å². The van der Waals surface area contributed by atoms with Crippen LogP contribution in [0.4, 0.5) is 0 Å². The van der Waals surface area contributed by atoms with Gasteiger partial charge in [-0.1, -0.05) is 20.8 Å². The van der Waals surface area contributed by atoms with E-state index in [4.69, 9.17) is 5.11 Å². The van der Waals surface area contributed by atoms with Crippen molar-refractivity contribution in [3.05, 3.63) is 0 Å². The summed E-state index contributed by atoms with van der Waals surface area (Å²) < 4.78 is 27.0. The Bertz CT molecular complexity index is 553. The van der Waals surface area contributed by atoms with Crippen LogP contribution in [0.2, 0.25) is 0 Å². The van der Waals surface area contributed by atoms with Crippen LogP contribution in [0.5, 0.6) is 0 Å². The molecule has 1 atom stereocenters. The van der Waals surface area contributed by atoms with Crippen molar-refractivity contribution in [2.45, 2.75) is 71.4 Å². The Balaban J connectivity index is 2.62. The quantitative estimate of drug-likeness (QED) is 0.605. The van der Waals surface area contributed by atoms with E-state index < -0.39 is 33.2 Å². The predicted molar refractivity (Wildman–Crippen MR) is 92.0 cm³/mol. The highest BCUT2D eigenvalue weighted by atomic mass is 32.2. The van der Waals surface area contributed by atoms with Crippen LogP contribution in [0.1, 0.15) is 59.8 Å². The maximum absolute atomic E-state index is 12.2. The van der Waals surface area contributed by atoms with Crippen molar-refractivity contribution in [1.29, 1.82) is 0 Å². The number of carboxylic acid groups (broad SMARTS) is 1. The van der Waals surface area contributed by atoms with Gasteiger partial charge in [0.05, 0.1) is 6.42 Å². The van der Waals surface area contributed by atoms with Crippen molar-refractivity contribution in [2.75, 3.05) is 5.75 Å². The topological polar surface area (TPSA) is 113 Å². The summed E-state index contributed by atoms with van der Waals surface area (Å²) in [5.74, 6) is -1.93. The van der Waals surface area contributed by atoms with Crippen molar-refractivity contribution in [3.63, 3.8) is 0 Å². The van der Waals surface area contributed by atoms with E-state index in [1.807, 2.05) is 0 Å². The molecule has 0 saturated heterocycles. The third-order valence-corrected chi connectivity index (χ3v) is 6.24. The third-order valence-electron chi connectivity index (χ3n) is 4.90. The van der Waals surface area contributed by atoms with E-state index in [1.54, 1.807) is 20.8 Å². The Hall–Kier alpha value is -1.15. The van der Waals surface area contributed by atoms with Crippen LogP contribution in [0.25, 0.3) is 0 Å². The molecule has 1 rings (SSSR count). The minimum Gasteiger partial charge on any atom is -0.481 e. The fourth-order valence-electron chi connectivity index (χ4n) is 2.91. The zero-order valence-corrected chi connectivity index (χ0v) is 15.8. The molecule has 8 heteroatoms. The lowest BCUT2D eigenvalue weighted by Gasteiger charge is -2.33. The number of carbonyl (C=O) groups is 2. The SMILES string of the molecule is CC1CCC(NS(=O)(=O)CC(=O)NC(C)(CC(=O)O)C(C)C)CC1. The average Bonchev–Trinajstić information content (AvgIpc) is 2.38. The monoisotopic (exact) mass is 362 g/mol. The number of carbonyl (C=O) groups excluding carboxylic acids is 1. The largest absolute Gasteiger partial charge is 0.481 e. The second-order valence-electron chi connectivity index (χ2n) is 7.52. The minimum atomic E-state index is -3.73. The van der Waals surface area contributed by atoms with Gasteiger partial charge in [0, 0.05) is 11.6 Å². The molecular weight excluding hydrogens is 332 g/mol. The van der Waals surface area contributed by atoms with E-state index in [2.05, 4.69) is 17.0 Å². The molecule has 1 unspecified atom stereocenters. The molecule has 140 valence electrons. The number of sulfonamides is 1. The van der Waals surface area contributed by atoms with Gasteiger partial charge in [0.25, 0.3) is 0 Å². The molecule has 0 heterocycles. The Morgan fingerprint density at radius 3 is 2.21 bits per heavy atom. The number of aliphatic carboxylic acids is 1. The molecule has 0 bridgehead atoms. The zero-order chi connectivity index (χ0) is 18.5. The highest BCUT2D eigenvalue weighted by Gasteiger charge is 2.34. The standard InChI is InChI=1S/C16H30N2O5S/c1-11(2)16(4,9-15(20)21)17-14(19)10-24(22,23)18-13-7-5-12(3)6-8-13/h11-13,18H,5-10H2,1-4H3,(H,17,19)(H,20,21).